The van der Waals surface area contributed by atoms with Gasteiger partial charge in [-0.3, -0.25) is 0 Å². The summed E-state index contributed by atoms with van der Waals surface area (Å²) in [5, 5.41) is 6.14. The average molecular weight is 318 g/mol. The molecule has 0 N–H and O–H groups in total. The molecule has 0 bridgehead atoms. The number of nitrogens with zero attached hydrogens (tertiary/aromatic N) is 1. The van der Waals surface area contributed by atoms with Crippen molar-refractivity contribution < 1.29 is 4.57 Å². The van der Waals surface area contributed by atoms with Gasteiger partial charge in [0.1, 0.15) is 7.05 Å². The Morgan fingerprint density at radius 1 is 0.913 bits per heavy atom. The van der Waals surface area contributed by atoms with E-state index in [1.807, 2.05) is 11.3 Å². The van der Waals surface area contributed by atoms with Crippen LogP contribution in [0.15, 0.2) is 48.0 Å². The second-order valence-electron chi connectivity index (χ2n) is 6.43. The first kappa shape index (κ1) is 14.4. The normalized spacial score (nSPS) is 11.5. The van der Waals surface area contributed by atoms with Gasteiger partial charge in [-0.05, 0) is 72.3 Å². The molecule has 0 radical (unpaired) electrons. The summed E-state index contributed by atoms with van der Waals surface area (Å²) in [6.07, 6.45) is 2.17. The molecule has 2 aromatic carbocycles. The molecule has 0 aliphatic carbocycles. The highest BCUT2D eigenvalue weighted by Gasteiger charge is 2.19. The van der Waals surface area contributed by atoms with Gasteiger partial charge in [0.2, 0.25) is 5.69 Å². The molecule has 0 saturated carbocycles. The fourth-order valence-electron chi connectivity index (χ4n) is 3.45. The van der Waals surface area contributed by atoms with Crippen LogP contribution in [0.1, 0.15) is 16.7 Å². The second-order valence-corrected chi connectivity index (χ2v) is 7.38. The Morgan fingerprint density at radius 2 is 1.74 bits per heavy atom. The monoisotopic (exact) mass is 318 g/mol. The van der Waals surface area contributed by atoms with Gasteiger partial charge in [0.15, 0.2) is 6.20 Å². The van der Waals surface area contributed by atoms with Crippen LogP contribution >= 0.6 is 11.3 Å². The highest BCUT2D eigenvalue weighted by molar-refractivity contribution is 7.17. The third-order valence-electron chi connectivity index (χ3n) is 4.78. The van der Waals surface area contributed by atoms with Crippen molar-refractivity contribution in [1.82, 2.24) is 0 Å². The summed E-state index contributed by atoms with van der Waals surface area (Å²) >= 11 is 1.81. The van der Waals surface area contributed by atoms with E-state index in [9.17, 15) is 0 Å². The van der Waals surface area contributed by atoms with Gasteiger partial charge >= 0.3 is 0 Å². The van der Waals surface area contributed by atoms with E-state index in [0.29, 0.717) is 0 Å². The molecule has 0 amide bonds. The third kappa shape index (κ3) is 2.25. The van der Waals surface area contributed by atoms with Gasteiger partial charge in [0.05, 0.1) is 10.9 Å². The Hall–Kier alpha value is -2.19. The summed E-state index contributed by atoms with van der Waals surface area (Å²) in [6.45, 7) is 6.61. The van der Waals surface area contributed by atoms with E-state index in [0.717, 1.165) is 0 Å². The second kappa shape index (κ2) is 5.17. The van der Waals surface area contributed by atoms with Crippen LogP contribution in [0.3, 0.4) is 0 Å². The first-order chi connectivity index (χ1) is 11.0. The number of fused-ring (bicyclic) bond motifs is 2. The minimum atomic E-state index is 1.31. The Balaban J connectivity index is 2.15. The minimum Gasteiger partial charge on any atom is -0.200 e. The number of thiophene rings is 1. The predicted molar refractivity (Wildman–Crippen MR) is 100 cm³/mol. The highest BCUT2D eigenvalue weighted by Crippen LogP contribution is 2.33. The quantitative estimate of drug-likeness (QED) is 0.410. The molecule has 0 aliphatic heterocycles. The van der Waals surface area contributed by atoms with E-state index in [1.165, 1.54) is 48.8 Å². The van der Waals surface area contributed by atoms with Crippen LogP contribution < -0.4 is 4.57 Å². The van der Waals surface area contributed by atoms with E-state index in [1.54, 1.807) is 0 Å². The molecule has 2 heterocycles. The molecule has 0 fully saturated rings. The van der Waals surface area contributed by atoms with Gasteiger partial charge in [0, 0.05) is 10.8 Å². The van der Waals surface area contributed by atoms with Crippen molar-refractivity contribution >= 4 is 32.2 Å². The molecule has 2 heteroatoms. The van der Waals surface area contributed by atoms with Crippen LogP contribution in [0.5, 0.6) is 0 Å². The van der Waals surface area contributed by atoms with E-state index >= 15 is 0 Å². The zero-order valence-electron chi connectivity index (χ0n) is 14.0. The lowest BCUT2D eigenvalue weighted by Gasteiger charge is -2.11. The molecule has 0 spiro atoms. The van der Waals surface area contributed by atoms with Gasteiger partial charge < -0.3 is 0 Å². The lowest BCUT2D eigenvalue weighted by atomic mass is 9.94. The molecule has 2 aromatic heterocycles. The van der Waals surface area contributed by atoms with Crippen LogP contribution in [0, 0.1) is 20.8 Å². The predicted octanol–water partition coefficient (Wildman–Crippen LogP) is 5.47. The van der Waals surface area contributed by atoms with E-state index in [4.69, 9.17) is 0 Å². The molecule has 4 aromatic rings. The summed E-state index contributed by atoms with van der Waals surface area (Å²) < 4.78 is 3.61. The van der Waals surface area contributed by atoms with Gasteiger partial charge in [0.25, 0.3) is 0 Å². The number of aromatic nitrogens is 1. The van der Waals surface area contributed by atoms with E-state index in [2.05, 4.69) is 80.4 Å². The standard InChI is InChI=1S/C21H20NS/c1-13-9-14(2)15(3)18(10-13)21-19-12-20-17(6-8-23-20)11-16(19)5-7-22(21)4/h5-12H,1-4H3/q+1. The lowest BCUT2D eigenvalue weighted by Crippen LogP contribution is -2.30. The number of benzene rings is 2. The minimum absolute atomic E-state index is 1.31. The van der Waals surface area contributed by atoms with Crippen molar-refractivity contribution in [3.05, 3.63) is 64.7 Å². The number of hydrogen-bond donors (Lipinski definition) is 0. The molecule has 0 saturated heterocycles. The molecule has 1 nitrogen and oxygen atoms in total. The Kier molecular flexibility index (Phi) is 3.24. The smallest absolute Gasteiger partial charge is 0.200 e. The van der Waals surface area contributed by atoms with Crippen LogP contribution in [-0.4, -0.2) is 0 Å². The number of aryl methyl sites for hydroxylation is 3. The zero-order valence-corrected chi connectivity index (χ0v) is 14.8. The van der Waals surface area contributed by atoms with Crippen molar-refractivity contribution in [3.8, 4) is 11.3 Å². The summed E-state index contributed by atoms with van der Waals surface area (Å²) in [6, 6.07) is 13.7. The Bertz CT molecular complexity index is 1060. The van der Waals surface area contributed by atoms with E-state index in [-0.39, 0.29) is 0 Å². The Labute approximate surface area is 140 Å². The molecule has 4 rings (SSSR count). The maximum absolute atomic E-state index is 2.35. The Morgan fingerprint density at radius 3 is 2.57 bits per heavy atom. The average Bonchev–Trinajstić information content (AvgIpc) is 2.96. The summed E-state index contributed by atoms with van der Waals surface area (Å²) in [5.74, 6) is 0. The zero-order chi connectivity index (χ0) is 16.1. The fraction of sp³-hybridized carbons (Fsp3) is 0.190. The largest absolute Gasteiger partial charge is 0.220 e. The van der Waals surface area contributed by atoms with Crippen molar-refractivity contribution in [2.45, 2.75) is 20.8 Å². The molecule has 0 unspecified atom stereocenters. The van der Waals surface area contributed by atoms with Gasteiger partial charge in [-0.2, -0.15) is 0 Å². The fourth-order valence-corrected chi connectivity index (χ4v) is 4.26. The summed E-state index contributed by atoms with van der Waals surface area (Å²) in [7, 11) is 2.14. The van der Waals surface area contributed by atoms with Crippen molar-refractivity contribution in [1.29, 1.82) is 0 Å². The maximum atomic E-state index is 2.35. The SMILES string of the molecule is Cc1cc(C)c(C)c(-c2c3cc4sccc4cc3cc[n+]2C)c1. The topological polar surface area (TPSA) is 3.88 Å². The van der Waals surface area contributed by atoms with Crippen LogP contribution in [0.25, 0.3) is 32.1 Å². The highest BCUT2D eigenvalue weighted by atomic mass is 32.1. The van der Waals surface area contributed by atoms with Crippen molar-refractivity contribution in [2.24, 2.45) is 7.05 Å². The van der Waals surface area contributed by atoms with Gasteiger partial charge in [-0.15, -0.1) is 11.3 Å². The molecule has 114 valence electrons. The maximum Gasteiger partial charge on any atom is 0.220 e. The van der Waals surface area contributed by atoms with E-state index < -0.39 is 0 Å². The van der Waals surface area contributed by atoms with Gasteiger partial charge in [-0.1, -0.05) is 11.6 Å². The number of rotatable bonds is 1. The summed E-state index contributed by atoms with van der Waals surface area (Å²) in [4.78, 5) is 0. The van der Waals surface area contributed by atoms with Gasteiger partial charge in [-0.25, -0.2) is 4.57 Å². The van der Waals surface area contributed by atoms with Crippen molar-refractivity contribution in [2.75, 3.05) is 0 Å². The number of pyridine rings is 1. The van der Waals surface area contributed by atoms with Crippen molar-refractivity contribution in [3.63, 3.8) is 0 Å². The lowest BCUT2D eigenvalue weighted by molar-refractivity contribution is -0.659. The molecular formula is C21H20NS+. The van der Waals surface area contributed by atoms with Crippen LogP contribution in [0.4, 0.5) is 0 Å². The first-order valence-electron chi connectivity index (χ1n) is 7.92. The molecule has 0 aliphatic rings. The number of hydrogen-bond acceptors (Lipinski definition) is 1. The molecular weight excluding hydrogens is 298 g/mol. The summed E-state index contributed by atoms with van der Waals surface area (Å²) in [5.41, 5.74) is 6.69. The molecule has 23 heavy (non-hydrogen) atoms. The first-order valence-corrected chi connectivity index (χ1v) is 8.80. The molecule has 0 atom stereocenters. The van der Waals surface area contributed by atoms with Crippen LogP contribution in [0.2, 0.25) is 0 Å². The van der Waals surface area contributed by atoms with Crippen LogP contribution in [-0.2, 0) is 7.05 Å². The third-order valence-corrected chi connectivity index (χ3v) is 5.66.